The number of carbonyl (C=O) groups excluding carboxylic acids is 1. The Kier molecular flexibility index (Phi) is 5.18. The lowest BCUT2D eigenvalue weighted by Gasteiger charge is -2.35. The van der Waals surface area contributed by atoms with Gasteiger partial charge in [-0.15, -0.1) is 0 Å². The first-order valence-corrected chi connectivity index (χ1v) is 7.58. The van der Waals surface area contributed by atoms with E-state index in [0.29, 0.717) is 6.54 Å². The molecule has 3 nitrogen and oxygen atoms in total. The molecule has 1 aromatic carbocycles. The first kappa shape index (κ1) is 15.0. The zero-order valence-electron chi connectivity index (χ0n) is 12.9. The van der Waals surface area contributed by atoms with E-state index in [9.17, 15) is 4.79 Å². The minimum absolute atomic E-state index is 0.0278. The van der Waals surface area contributed by atoms with E-state index in [1.807, 2.05) is 6.07 Å². The fraction of sp³-hybridized carbons (Fsp3) is 0.588. The summed E-state index contributed by atoms with van der Waals surface area (Å²) in [5.41, 5.74) is 2.57. The Morgan fingerprint density at radius 1 is 1.20 bits per heavy atom. The van der Waals surface area contributed by atoms with Crippen molar-refractivity contribution >= 4 is 5.91 Å². The maximum absolute atomic E-state index is 11.1. The topological polar surface area (TPSA) is 32.3 Å². The Hall–Kier alpha value is -1.35. The van der Waals surface area contributed by atoms with Crippen LogP contribution < -0.4 is 5.32 Å². The van der Waals surface area contributed by atoms with Crippen molar-refractivity contribution in [3.8, 4) is 0 Å². The number of benzene rings is 1. The van der Waals surface area contributed by atoms with Gasteiger partial charge in [0.2, 0.25) is 5.91 Å². The van der Waals surface area contributed by atoms with Gasteiger partial charge in [0.15, 0.2) is 0 Å². The average molecular weight is 274 g/mol. The van der Waals surface area contributed by atoms with Crippen LogP contribution in [0.15, 0.2) is 24.3 Å². The van der Waals surface area contributed by atoms with Crippen molar-refractivity contribution in [1.82, 2.24) is 10.2 Å². The van der Waals surface area contributed by atoms with Crippen LogP contribution in [0.2, 0.25) is 0 Å². The molecule has 20 heavy (non-hydrogen) atoms. The summed E-state index contributed by atoms with van der Waals surface area (Å²) < 4.78 is 0. The zero-order chi connectivity index (χ0) is 14.5. The third kappa shape index (κ3) is 4.34. The summed E-state index contributed by atoms with van der Waals surface area (Å²) >= 11 is 0. The van der Waals surface area contributed by atoms with Crippen molar-refractivity contribution in [2.75, 3.05) is 13.1 Å². The van der Waals surface area contributed by atoms with Gasteiger partial charge in [0.25, 0.3) is 0 Å². The van der Waals surface area contributed by atoms with E-state index < -0.39 is 0 Å². The summed E-state index contributed by atoms with van der Waals surface area (Å²) in [4.78, 5) is 13.6. The van der Waals surface area contributed by atoms with Gasteiger partial charge in [-0.05, 0) is 29.4 Å². The van der Waals surface area contributed by atoms with E-state index in [0.717, 1.165) is 18.4 Å². The highest BCUT2D eigenvalue weighted by Crippen LogP contribution is 2.23. The van der Waals surface area contributed by atoms with Crippen molar-refractivity contribution in [2.24, 2.45) is 11.8 Å². The molecule has 3 heteroatoms. The number of piperidine rings is 1. The molecule has 0 unspecified atom stereocenters. The van der Waals surface area contributed by atoms with Crippen LogP contribution in [0.5, 0.6) is 0 Å². The Morgan fingerprint density at radius 2 is 1.80 bits per heavy atom. The van der Waals surface area contributed by atoms with Gasteiger partial charge in [0.05, 0.1) is 0 Å². The number of hydrogen-bond donors (Lipinski definition) is 1. The van der Waals surface area contributed by atoms with Crippen LogP contribution in [0.4, 0.5) is 0 Å². The fourth-order valence-electron chi connectivity index (χ4n) is 3.27. The van der Waals surface area contributed by atoms with E-state index in [2.05, 4.69) is 42.3 Å². The SMILES string of the molecule is CC(=O)NCc1ccccc1CN1C[C@@H](C)C[C@H](C)C1. The fourth-order valence-corrected chi connectivity index (χ4v) is 3.27. The number of carbonyl (C=O) groups is 1. The third-order valence-corrected chi connectivity index (χ3v) is 3.98. The Morgan fingerprint density at radius 3 is 2.40 bits per heavy atom. The van der Waals surface area contributed by atoms with Gasteiger partial charge in [-0.25, -0.2) is 0 Å². The molecule has 2 atom stereocenters. The van der Waals surface area contributed by atoms with E-state index >= 15 is 0 Å². The van der Waals surface area contributed by atoms with Crippen molar-refractivity contribution in [3.05, 3.63) is 35.4 Å². The molecule has 1 aliphatic heterocycles. The van der Waals surface area contributed by atoms with Crippen molar-refractivity contribution in [2.45, 2.75) is 40.3 Å². The Labute approximate surface area is 122 Å². The summed E-state index contributed by atoms with van der Waals surface area (Å²) in [6, 6.07) is 8.43. The molecule has 0 aromatic heterocycles. The second kappa shape index (κ2) is 6.89. The van der Waals surface area contributed by atoms with Gasteiger partial charge < -0.3 is 5.32 Å². The lowest BCUT2D eigenvalue weighted by molar-refractivity contribution is -0.119. The Balaban J connectivity index is 2.02. The zero-order valence-corrected chi connectivity index (χ0v) is 12.9. The highest BCUT2D eigenvalue weighted by molar-refractivity contribution is 5.72. The predicted octanol–water partition coefficient (Wildman–Crippen LogP) is 2.80. The molecule has 1 aromatic rings. The van der Waals surface area contributed by atoms with Crippen LogP contribution in [0, 0.1) is 11.8 Å². The molecule has 1 amide bonds. The molecule has 0 saturated carbocycles. The molecular formula is C17H26N2O. The molecule has 110 valence electrons. The number of amides is 1. The lowest BCUT2D eigenvalue weighted by atomic mass is 9.91. The van der Waals surface area contributed by atoms with Gasteiger partial charge in [0.1, 0.15) is 0 Å². The minimum Gasteiger partial charge on any atom is -0.352 e. The summed E-state index contributed by atoms with van der Waals surface area (Å²) in [5.74, 6) is 1.59. The molecule has 1 aliphatic rings. The number of nitrogens with zero attached hydrogens (tertiary/aromatic N) is 1. The monoisotopic (exact) mass is 274 g/mol. The molecule has 1 saturated heterocycles. The van der Waals surface area contributed by atoms with E-state index in [1.54, 1.807) is 6.92 Å². The normalized spacial score (nSPS) is 23.6. The van der Waals surface area contributed by atoms with Gasteiger partial charge in [-0.2, -0.15) is 0 Å². The molecule has 1 N–H and O–H groups in total. The molecule has 2 rings (SSSR count). The van der Waals surface area contributed by atoms with Crippen LogP contribution >= 0.6 is 0 Å². The van der Waals surface area contributed by atoms with Crippen molar-refractivity contribution in [1.29, 1.82) is 0 Å². The maximum atomic E-state index is 11.1. The second-order valence-corrected chi connectivity index (χ2v) is 6.32. The van der Waals surface area contributed by atoms with Crippen LogP contribution in [0.25, 0.3) is 0 Å². The summed E-state index contributed by atoms with van der Waals surface area (Å²) in [7, 11) is 0. The van der Waals surface area contributed by atoms with Crippen LogP contribution in [-0.2, 0) is 17.9 Å². The summed E-state index contributed by atoms with van der Waals surface area (Å²) in [5, 5.41) is 2.90. The standard InChI is InChI=1S/C17H26N2O/c1-13-8-14(2)11-19(10-13)12-17-7-5-4-6-16(17)9-18-15(3)20/h4-7,13-14H,8-12H2,1-3H3,(H,18,20)/t13-,14-/m0/s1. The van der Waals surface area contributed by atoms with Gasteiger partial charge in [0, 0.05) is 33.1 Å². The van der Waals surface area contributed by atoms with Gasteiger partial charge in [-0.1, -0.05) is 38.1 Å². The first-order valence-electron chi connectivity index (χ1n) is 7.58. The minimum atomic E-state index is 0.0278. The molecule has 0 radical (unpaired) electrons. The number of likely N-dealkylation sites (tertiary alicyclic amines) is 1. The van der Waals surface area contributed by atoms with Gasteiger partial charge >= 0.3 is 0 Å². The molecule has 1 heterocycles. The molecule has 0 spiro atoms. The van der Waals surface area contributed by atoms with E-state index in [4.69, 9.17) is 0 Å². The molecule has 1 fully saturated rings. The molecule has 0 aliphatic carbocycles. The van der Waals surface area contributed by atoms with Crippen molar-refractivity contribution < 1.29 is 4.79 Å². The highest BCUT2D eigenvalue weighted by atomic mass is 16.1. The van der Waals surface area contributed by atoms with Crippen LogP contribution in [-0.4, -0.2) is 23.9 Å². The van der Waals surface area contributed by atoms with E-state index in [-0.39, 0.29) is 5.91 Å². The van der Waals surface area contributed by atoms with Gasteiger partial charge in [-0.3, -0.25) is 9.69 Å². The third-order valence-electron chi connectivity index (χ3n) is 3.98. The highest BCUT2D eigenvalue weighted by Gasteiger charge is 2.22. The quantitative estimate of drug-likeness (QED) is 0.915. The average Bonchev–Trinajstić information content (AvgIpc) is 2.36. The van der Waals surface area contributed by atoms with Crippen LogP contribution in [0.1, 0.15) is 38.3 Å². The first-order chi connectivity index (χ1) is 9.54. The largest absolute Gasteiger partial charge is 0.352 e. The number of rotatable bonds is 4. The summed E-state index contributed by atoms with van der Waals surface area (Å²) in [6.07, 6.45) is 1.34. The van der Waals surface area contributed by atoms with Crippen molar-refractivity contribution in [3.63, 3.8) is 0 Å². The summed E-state index contributed by atoms with van der Waals surface area (Å²) in [6.45, 7) is 10.2. The number of hydrogen-bond acceptors (Lipinski definition) is 2. The Bertz CT molecular complexity index is 448. The maximum Gasteiger partial charge on any atom is 0.217 e. The van der Waals surface area contributed by atoms with E-state index in [1.165, 1.54) is 30.6 Å². The number of nitrogens with one attached hydrogen (secondary N) is 1. The molecular weight excluding hydrogens is 248 g/mol. The second-order valence-electron chi connectivity index (χ2n) is 6.32. The van der Waals surface area contributed by atoms with Crippen LogP contribution in [0.3, 0.4) is 0 Å². The lowest BCUT2D eigenvalue weighted by Crippen LogP contribution is -2.38. The molecule has 0 bridgehead atoms. The predicted molar refractivity (Wildman–Crippen MR) is 82.2 cm³/mol. The smallest absolute Gasteiger partial charge is 0.217 e.